The molecule has 1 aliphatic carbocycles. The summed E-state index contributed by atoms with van der Waals surface area (Å²) in [5.41, 5.74) is 5.83. The lowest BCUT2D eigenvalue weighted by Gasteiger charge is -2.12. The predicted octanol–water partition coefficient (Wildman–Crippen LogP) is 4.13. The molecule has 5 rings (SSSR count). The van der Waals surface area contributed by atoms with Crippen LogP contribution in [0.1, 0.15) is 49.1 Å². The van der Waals surface area contributed by atoms with Gasteiger partial charge in [-0.3, -0.25) is 0 Å². The van der Waals surface area contributed by atoms with Crippen LogP contribution in [0.25, 0.3) is 34.6 Å². The van der Waals surface area contributed by atoms with Gasteiger partial charge < -0.3 is 9.97 Å². The number of hydrogen-bond acceptors (Lipinski definition) is 2. The average Bonchev–Trinajstić information content (AvgIpc) is 3.31. The van der Waals surface area contributed by atoms with Gasteiger partial charge in [0.25, 0.3) is 0 Å². The highest BCUT2D eigenvalue weighted by atomic mass is 14.9. The van der Waals surface area contributed by atoms with Crippen molar-refractivity contribution in [1.29, 1.82) is 0 Å². The number of aryl methyl sites for hydroxylation is 1. The lowest BCUT2D eigenvalue weighted by molar-refractivity contribution is 0.799. The van der Waals surface area contributed by atoms with Crippen LogP contribution in [0.4, 0.5) is 0 Å². The summed E-state index contributed by atoms with van der Waals surface area (Å²) in [6.07, 6.45) is 5.51. The molecule has 1 unspecified atom stereocenters. The van der Waals surface area contributed by atoms with Crippen molar-refractivity contribution in [1.82, 2.24) is 19.9 Å². The topological polar surface area (TPSA) is 57.4 Å². The molecule has 0 amide bonds. The molecule has 2 aromatic heterocycles. The maximum Gasteiger partial charge on any atom is 0.138 e. The molecule has 0 fully saturated rings. The molecule has 0 bridgehead atoms. The molecule has 2 heterocycles. The molecular weight excluding hydrogens is 344 g/mol. The predicted molar refractivity (Wildman–Crippen MR) is 114 cm³/mol. The lowest BCUT2D eigenvalue weighted by atomic mass is 9.92. The summed E-state index contributed by atoms with van der Waals surface area (Å²) in [7, 11) is 0. The highest BCUT2D eigenvalue weighted by Crippen LogP contribution is 2.27. The highest BCUT2D eigenvalue weighted by Gasteiger charge is 2.15. The highest BCUT2D eigenvalue weighted by molar-refractivity contribution is 5.76. The summed E-state index contributed by atoms with van der Waals surface area (Å²) >= 11 is 0. The van der Waals surface area contributed by atoms with Crippen LogP contribution in [0.3, 0.4) is 0 Å². The van der Waals surface area contributed by atoms with Crippen molar-refractivity contribution >= 4 is 23.2 Å². The van der Waals surface area contributed by atoms with Crippen LogP contribution in [0.15, 0.2) is 42.5 Å². The monoisotopic (exact) mass is 368 g/mol. The molecule has 0 aliphatic heterocycles. The molecule has 140 valence electrons. The smallest absolute Gasteiger partial charge is 0.138 e. The fourth-order valence-electron chi connectivity index (χ4n) is 3.90. The van der Waals surface area contributed by atoms with Crippen molar-refractivity contribution in [2.24, 2.45) is 0 Å². The third-order valence-corrected chi connectivity index (χ3v) is 5.49. The van der Waals surface area contributed by atoms with Crippen molar-refractivity contribution in [2.45, 2.75) is 39.0 Å². The van der Waals surface area contributed by atoms with E-state index in [9.17, 15) is 0 Å². The average molecular weight is 368 g/mol. The van der Waals surface area contributed by atoms with Gasteiger partial charge in [-0.25, -0.2) is 9.97 Å². The zero-order valence-electron chi connectivity index (χ0n) is 16.5. The van der Waals surface area contributed by atoms with Gasteiger partial charge in [0.2, 0.25) is 0 Å². The Bertz CT molecular complexity index is 1290. The van der Waals surface area contributed by atoms with Crippen LogP contribution in [0, 0.1) is 6.92 Å². The van der Waals surface area contributed by atoms with Crippen molar-refractivity contribution in [3.63, 3.8) is 0 Å². The van der Waals surface area contributed by atoms with Crippen LogP contribution in [0.2, 0.25) is 0 Å². The number of benzene rings is 2. The molecule has 2 aromatic carbocycles. The fourth-order valence-corrected chi connectivity index (χ4v) is 3.90. The van der Waals surface area contributed by atoms with E-state index in [1.807, 2.05) is 0 Å². The van der Waals surface area contributed by atoms with E-state index in [-0.39, 0.29) is 0 Å². The molecule has 28 heavy (non-hydrogen) atoms. The Morgan fingerprint density at radius 3 is 2.75 bits per heavy atom. The van der Waals surface area contributed by atoms with Crippen LogP contribution in [-0.2, 0) is 0 Å². The maximum absolute atomic E-state index is 4.80. The Morgan fingerprint density at radius 1 is 1.04 bits per heavy atom. The number of imidazole rings is 2. The van der Waals surface area contributed by atoms with Gasteiger partial charge in [0.1, 0.15) is 11.6 Å². The molecule has 0 spiro atoms. The fraction of sp³-hybridized carbons (Fsp3) is 0.250. The third-order valence-electron chi connectivity index (χ3n) is 5.49. The SMILES string of the molecule is Cc1cccc(-c2nc3c([nH]2)=CC(c2ccc4nc(C(C)C)[nH]c4c2)CC=3)c1. The largest absolute Gasteiger partial charge is 0.342 e. The van der Waals surface area contributed by atoms with Gasteiger partial charge in [-0.15, -0.1) is 0 Å². The summed E-state index contributed by atoms with van der Waals surface area (Å²) in [6.45, 7) is 6.43. The summed E-state index contributed by atoms with van der Waals surface area (Å²) in [6, 6.07) is 15.0. The first-order valence-electron chi connectivity index (χ1n) is 9.91. The first-order valence-corrected chi connectivity index (χ1v) is 9.91. The third kappa shape index (κ3) is 2.95. The minimum absolute atomic E-state index is 0.341. The molecule has 4 nitrogen and oxygen atoms in total. The number of hydrogen-bond donors (Lipinski definition) is 2. The van der Waals surface area contributed by atoms with Gasteiger partial charge in [0, 0.05) is 17.4 Å². The molecule has 0 radical (unpaired) electrons. The standard InChI is InChI=1S/C24H24N4/c1-14(2)23-25-19-9-7-16(12-21(19)27-23)17-8-10-20-22(13-17)28-24(26-20)18-6-4-5-15(3)11-18/h4-7,9-14,17H,8H2,1-3H3,(H,25,27)(H,26,28). The Hall–Kier alpha value is -3.14. The van der Waals surface area contributed by atoms with Crippen molar-refractivity contribution in [2.75, 3.05) is 0 Å². The molecule has 0 saturated heterocycles. The Balaban J connectivity index is 1.52. The number of rotatable bonds is 3. The zero-order chi connectivity index (χ0) is 19.3. The quantitative estimate of drug-likeness (QED) is 0.571. The number of nitrogens with one attached hydrogen (secondary N) is 2. The molecule has 4 aromatic rings. The first-order chi connectivity index (χ1) is 13.6. The number of fused-ring (bicyclic) bond motifs is 2. The van der Waals surface area contributed by atoms with E-state index in [1.165, 1.54) is 11.1 Å². The second kappa shape index (κ2) is 6.48. The lowest BCUT2D eigenvalue weighted by Crippen LogP contribution is -2.28. The second-order valence-corrected chi connectivity index (χ2v) is 8.02. The van der Waals surface area contributed by atoms with Crippen LogP contribution in [0.5, 0.6) is 0 Å². The Labute approximate surface area is 164 Å². The van der Waals surface area contributed by atoms with Crippen LogP contribution in [-0.4, -0.2) is 19.9 Å². The van der Waals surface area contributed by atoms with E-state index in [4.69, 9.17) is 4.98 Å². The normalized spacial score (nSPS) is 16.1. The number of nitrogens with zero attached hydrogens (tertiary/aromatic N) is 2. The van der Waals surface area contributed by atoms with E-state index < -0.39 is 0 Å². The van der Waals surface area contributed by atoms with E-state index in [0.717, 1.165) is 45.4 Å². The van der Waals surface area contributed by atoms with Crippen LogP contribution >= 0.6 is 0 Å². The Kier molecular flexibility index (Phi) is 3.93. The number of aromatic nitrogens is 4. The van der Waals surface area contributed by atoms with Gasteiger partial charge in [-0.2, -0.15) is 0 Å². The van der Waals surface area contributed by atoms with Gasteiger partial charge >= 0.3 is 0 Å². The second-order valence-electron chi connectivity index (χ2n) is 8.02. The summed E-state index contributed by atoms with van der Waals surface area (Å²) in [5, 5.41) is 2.16. The minimum Gasteiger partial charge on any atom is -0.342 e. The Morgan fingerprint density at radius 2 is 1.93 bits per heavy atom. The van der Waals surface area contributed by atoms with E-state index in [0.29, 0.717) is 11.8 Å². The number of H-pyrrole nitrogens is 2. The van der Waals surface area contributed by atoms with Crippen molar-refractivity contribution < 1.29 is 0 Å². The van der Waals surface area contributed by atoms with E-state index >= 15 is 0 Å². The van der Waals surface area contributed by atoms with Crippen molar-refractivity contribution in [3.05, 3.63) is 70.1 Å². The molecule has 2 N–H and O–H groups in total. The van der Waals surface area contributed by atoms with Gasteiger partial charge in [-0.1, -0.05) is 55.8 Å². The molecular formula is C24H24N4. The maximum atomic E-state index is 4.80. The molecule has 0 saturated carbocycles. The van der Waals surface area contributed by atoms with Gasteiger partial charge in [-0.05, 0) is 37.1 Å². The molecule has 1 atom stereocenters. The van der Waals surface area contributed by atoms with Crippen molar-refractivity contribution in [3.8, 4) is 11.4 Å². The van der Waals surface area contributed by atoms with E-state index in [2.05, 4.69) is 90.3 Å². The minimum atomic E-state index is 0.341. The van der Waals surface area contributed by atoms with Gasteiger partial charge in [0.05, 0.1) is 21.7 Å². The summed E-state index contributed by atoms with van der Waals surface area (Å²) in [4.78, 5) is 16.5. The molecule has 1 aliphatic rings. The van der Waals surface area contributed by atoms with Crippen LogP contribution < -0.4 is 10.7 Å². The number of aromatic amines is 2. The molecule has 4 heteroatoms. The zero-order valence-corrected chi connectivity index (χ0v) is 16.5. The first kappa shape index (κ1) is 17.0. The van der Waals surface area contributed by atoms with E-state index in [1.54, 1.807) is 0 Å². The summed E-state index contributed by atoms with van der Waals surface area (Å²) < 4.78 is 0. The van der Waals surface area contributed by atoms with Gasteiger partial charge in [0.15, 0.2) is 0 Å². The summed E-state index contributed by atoms with van der Waals surface area (Å²) in [5.74, 6) is 2.73.